The third-order valence-electron chi connectivity index (χ3n) is 1.72. The number of halogens is 1. The Kier molecular flexibility index (Phi) is 2.95. The van der Waals surface area contributed by atoms with Crippen LogP contribution in [0, 0.1) is 0 Å². The van der Waals surface area contributed by atoms with Crippen molar-refractivity contribution in [2.75, 3.05) is 12.4 Å². The van der Waals surface area contributed by atoms with E-state index in [2.05, 4.69) is 11.9 Å². The standard InChI is InChI=1S/C9H12ClNSi/c1-6(12)7-4-3-5-8(10)9(7)11-2/h3-5,11H,1H2,2,12H3. The normalized spacial score (nSPS) is 9.83. The van der Waals surface area contributed by atoms with Crippen LogP contribution in [0.3, 0.4) is 0 Å². The maximum atomic E-state index is 5.99. The van der Waals surface area contributed by atoms with Crippen molar-refractivity contribution in [2.45, 2.75) is 0 Å². The van der Waals surface area contributed by atoms with Gasteiger partial charge < -0.3 is 5.32 Å². The molecular weight excluding hydrogens is 186 g/mol. The van der Waals surface area contributed by atoms with Crippen LogP contribution >= 0.6 is 11.6 Å². The van der Waals surface area contributed by atoms with Gasteiger partial charge in [-0.05, 0) is 11.6 Å². The predicted octanol–water partition coefficient (Wildman–Crippen LogP) is 1.72. The molecule has 1 rings (SSSR count). The van der Waals surface area contributed by atoms with Gasteiger partial charge in [0, 0.05) is 17.3 Å². The Morgan fingerprint density at radius 2 is 2.25 bits per heavy atom. The summed E-state index contributed by atoms with van der Waals surface area (Å²) >= 11 is 5.99. The van der Waals surface area contributed by atoms with Crippen molar-refractivity contribution >= 4 is 32.7 Å². The van der Waals surface area contributed by atoms with Gasteiger partial charge in [-0.1, -0.05) is 28.9 Å². The van der Waals surface area contributed by atoms with Crippen LogP contribution in [0.2, 0.25) is 5.02 Å². The highest BCUT2D eigenvalue weighted by Crippen LogP contribution is 2.28. The van der Waals surface area contributed by atoms with Crippen LogP contribution in [0.1, 0.15) is 5.56 Å². The van der Waals surface area contributed by atoms with Crippen molar-refractivity contribution in [3.8, 4) is 0 Å². The molecule has 1 aromatic carbocycles. The molecule has 1 aromatic rings. The molecule has 0 aliphatic heterocycles. The molecule has 64 valence electrons. The smallest absolute Gasteiger partial charge is 0.0643 e. The van der Waals surface area contributed by atoms with Gasteiger partial charge in [0.2, 0.25) is 0 Å². The first-order valence-electron chi connectivity index (χ1n) is 3.79. The summed E-state index contributed by atoms with van der Waals surface area (Å²) in [6.45, 7) is 3.94. The van der Waals surface area contributed by atoms with E-state index in [9.17, 15) is 0 Å². The number of anilines is 1. The number of nitrogens with one attached hydrogen (secondary N) is 1. The third kappa shape index (κ3) is 1.71. The summed E-state index contributed by atoms with van der Waals surface area (Å²) in [5, 5.41) is 4.99. The lowest BCUT2D eigenvalue weighted by Crippen LogP contribution is -1.95. The Hall–Kier alpha value is -0.733. The molecule has 3 heteroatoms. The van der Waals surface area contributed by atoms with Gasteiger partial charge in [-0.15, -0.1) is 6.58 Å². The average molecular weight is 198 g/mol. The van der Waals surface area contributed by atoms with E-state index in [1.165, 1.54) is 0 Å². The van der Waals surface area contributed by atoms with Crippen molar-refractivity contribution in [1.82, 2.24) is 0 Å². The number of benzene rings is 1. The van der Waals surface area contributed by atoms with Gasteiger partial charge in [-0.25, -0.2) is 0 Å². The highest BCUT2D eigenvalue weighted by Gasteiger charge is 2.04. The molecule has 0 fully saturated rings. The molecule has 0 aliphatic rings. The zero-order valence-electron chi connectivity index (χ0n) is 7.32. The number of rotatable bonds is 2. The van der Waals surface area contributed by atoms with Crippen LogP contribution in [-0.2, 0) is 0 Å². The van der Waals surface area contributed by atoms with Crippen LogP contribution in [0.5, 0.6) is 0 Å². The lowest BCUT2D eigenvalue weighted by molar-refractivity contribution is 1.49. The van der Waals surface area contributed by atoms with E-state index in [0.717, 1.165) is 31.7 Å². The molecule has 0 saturated heterocycles. The Labute approximate surface area is 80.9 Å². The fourth-order valence-corrected chi connectivity index (χ4v) is 1.82. The highest BCUT2D eigenvalue weighted by molar-refractivity contribution is 6.43. The number of hydrogen-bond acceptors (Lipinski definition) is 1. The van der Waals surface area contributed by atoms with Gasteiger partial charge in [0.25, 0.3) is 0 Å². The van der Waals surface area contributed by atoms with Crippen molar-refractivity contribution in [1.29, 1.82) is 0 Å². The minimum atomic E-state index is 0.756. The summed E-state index contributed by atoms with van der Waals surface area (Å²) in [6.07, 6.45) is 0. The second-order valence-electron chi connectivity index (χ2n) is 2.69. The SMILES string of the molecule is C=C([SiH3])c1cccc(Cl)c1NC. The van der Waals surface area contributed by atoms with Crippen molar-refractivity contribution in [3.05, 3.63) is 35.4 Å². The van der Waals surface area contributed by atoms with E-state index in [1.807, 2.05) is 25.2 Å². The topological polar surface area (TPSA) is 12.0 Å². The molecule has 0 atom stereocenters. The van der Waals surface area contributed by atoms with Crippen LogP contribution in [0.25, 0.3) is 5.20 Å². The molecule has 0 saturated carbocycles. The molecule has 0 aromatic heterocycles. The van der Waals surface area contributed by atoms with Gasteiger partial charge in [0.05, 0.1) is 10.7 Å². The zero-order chi connectivity index (χ0) is 9.14. The fraction of sp³-hybridized carbons (Fsp3) is 0.111. The summed E-state index contributed by atoms with van der Waals surface area (Å²) in [5.41, 5.74) is 2.12. The van der Waals surface area contributed by atoms with E-state index in [1.54, 1.807) is 0 Å². The van der Waals surface area contributed by atoms with Gasteiger partial charge in [-0.2, -0.15) is 0 Å². The Bertz CT molecular complexity index is 309. The fourth-order valence-electron chi connectivity index (χ4n) is 1.13. The molecule has 0 amide bonds. The van der Waals surface area contributed by atoms with E-state index >= 15 is 0 Å². The van der Waals surface area contributed by atoms with Crippen LogP contribution < -0.4 is 5.32 Å². The molecule has 1 N–H and O–H groups in total. The lowest BCUT2D eigenvalue weighted by Gasteiger charge is -2.09. The summed E-state index contributed by atoms with van der Waals surface area (Å²) in [6, 6.07) is 5.86. The predicted molar refractivity (Wildman–Crippen MR) is 60.0 cm³/mol. The van der Waals surface area contributed by atoms with Gasteiger partial charge in [0.15, 0.2) is 0 Å². The first-order valence-corrected chi connectivity index (χ1v) is 5.16. The monoisotopic (exact) mass is 197 g/mol. The molecule has 0 heterocycles. The van der Waals surface area contributed by atoms with E-state index in [0.29, 0.717) is 0 Å². The molecule has 0 radical (unpaired) electrons. The number of para-hydroxylation sites is 1. The first kappa shape index (κ1) is 9.36. The minimum absolute atomic E-state index is 0.756. The van der Waals surface area contributed by atoms with Crippen LogP contribution in [0.15, 0.2) is 24.8 Å². The van der Waals surface area contributed by atoms with E-state index in [4.69, 9.17) is 11.6 Å². The van der Waals surface area contributed by atoms with E-state index < -0.39 is 0 Å². The molecule has 12 heavy (non-hydrogen) atoms. The van der Waals surface area contributed by atoms with Gasteiger partial charge in [0.1, 0.15) is 0 Å². The summed E-state index contributed by atoms with van der Waals surface area (Å²) in [5.74, 6) is 0. The molecule has 0 unspecified atom stereocenters. The lowest BCUT2D eigenvalue weighted by atomic mass is 10.2. The van der Waals surface area contributed by atoms with Gasteiger partial charge in [-0.3, -0.25) is 0 Å². The minimum Gasteiger partial charge on any atom is -0.386 e. The molecular formula is C9H12ClNSi. The maximum Gasteiger partial charge on any atom is 0.0643 e. The third-order valence-corrected chi connectivity index (χ3v) is 2.58. The van der Waals surface area contributed by atoms with Gasteiger partial charge >= 0.3 is 0 Å². The summed E-state index contributed by atoms with van der Waals surface area (Å²) in [7, 11) is 2.83. The van der Waals surface area contributed by atoms with E-state index in [-0.39, 0.29) is 0 Å². The largest absolute Gasteiger partial charge is 0.386 e. The second kappa shape index (κ2) is 3.78. The Morgan fingerprint density at radius 1 is 1.58 bits per heavy atom. The first-order chi connectivity index (χ1) is 5.66. The Morgan fingerprint density at radius 3 is 2.67 bits per heavy atom. The highest BCUT2D eigenvalue weighted by atomic mass is 35.5. The van der Waals surface area contributed by atoms with Crippen molar-refractivity contribution in [2.24, 2.45) is 0 Å². The molecule has 0 aliphatic carbocycles. The van der Waals surface area contributed by atoms with Crippen molar-refractivity contribution < 1.29 is 0 Å². The maximum absolute atomic E-state index is 5.99. The molecule has 0 bridgehead atoms. The Balaban J connectivity index is 3.27. The van der Waals surface area contributed by atoms with Crippen LogP contribution in [0.4, 0.5) is 5.69 Å². The number of hydrogen-bond donors (Lipinski definition) is 1. The zero-order valence-corrected chi connectivity index (χ0v) is 10.1. The summed E-state index contributed by atoms with van der Waals surface area (Å²) in [4.78, 5) is 0. The van der Waals surface area contributed by atoms with Crippen molar-refractivity contribution in [3.63, 3.8) is 0 Å². The second-order valence-corrected chi connectivity index (χ2v) is 4.31. The summed E-state index contributed by atoms with van der Waals surface area (Å²) < 4.78 is 0. The molecule has 0 spiro atoms. The molecule has 1 nitrogen and oxygen atoms in total. The van der Waals surface area contributed by atoms with Crippen LogP contribution in [-0.4, -0.2) is 17.3 Å². The average Bonchev–Trinajstić information content (AvgIpc) is 2.03. The quantitative estimate of drug-likeness (QED) is 0.713.